The Hall–Kier alpha value is -3.37. The van der Waals surface area contributed by atoms with E-state index in [4.69, 9.17) is 4.74 Å². The fourth-order valence-electron chi connectivity index (χ4n) is 5.07. The van der Waals surface area contributed by atoms with Crippen molar-refractivity contribution >= 4 is 43.5 Å². The van der Waals surface area contributed by atoms with Crippen molar-refractivity contribution in [3.8, 4) is 5.75 Å². The number of amides is 2. The summed E-state index contributed by atoms with van der Waals surface area (Å²) in [5.41, 5.74) is 1.14. The van der Waals surface area contributed by atoms with Crippen LogP contribution in [0.3, 0.4) is 0 Å². The highest BCUT2D eigenvalue weighted by atomic mass is 79.9. The van der Waals surface area contributed by atoms with Gasteiger partial charge in [0.15, 0.2) is 0 Å². The molecule has 0 radical (unpaired) electrons. The van der Waals surface area contributed by atoms with Gasteiger partial charge in [-0.05, 0) is 73.4 Å². The predicted octanol–water partition coefficient (Wildman–Crippen LogP) is 5.52. The van der Waals surface area contributed by atoms with Gasteiger partial charge < -0.3 is 15.0 Å². The number of nitrogens with one attached hydrogen (secondary N) is 1. The second kappa shape index (κ2) is 14.0. The lowest BCUT2D eigenvalue weighted by Crippen LogP contribution is -2.53. The third-order valence-electron chi connectivity index (χ3n) is 7.32. The van der Waals surface area contributed by atoms with Gasteiger partial charge in [0.05, 0.1) is 17.7 Å². The highest BCUT2D eigenvalue weighted by molar-refractivity contribution is 9.10. The van der Waals surface area contributed by atoms with Crippen molar-refractivity contribution in [2.75, 3.05) is 18.0 Å². The number of methoxy groups -OCH3 is 1. The van der Waals surface area contributed by atoms with E-state index in [-0.39, 0.29) is 23.4 Å². The zero-order chi connectivity index (χ0) is 29.4. The van der Waals surface area contributed by atoms with Gasteiger partial charge in [0.1, 0.15) is 18.3 Å². The Balaban J connectivity index is 1.69. The normalized spacial score (nSPS) is 14.3. The van der Waals surface area contributed by atoms with Crippen LogP contribution in [-0.2, 0) is 26.2 Å². The monoisotopic (exact) mass is 641 g/mol. The van der Waals surface area contributed by atoms with Crippen molar-refractivity contribution in [2.24, 2.45) is 0 Å². The molecule has 1 aliphatic rings. The number of carbonyl (C=O) groups is 2. The molecule has 0 saturated heterocycles. The first kappa shape index (κ1) is 30.6. The number of ether oxygens (including phenoxy) is 1. The summed E-state index contributed by atoms with van der Waals surface area (Å²) in [6, 6.07) is 21.4. The second-order valence-corrected chi connectivity index (χ2v) is 12.9. The molecular weight excluding hydrogens is 606 g/mol. The number of benzene rings is 3. The van der Waals surface area contributed by atoms with E-state index < -0.39 is 28.5 Å². The molecular formula is C31H36BrN3O5S. The molecule has 2 amide bonds. The van der Waals surface area contributed by atoms with Crippen LogP contribution in [0, 0.1) is 0 Å². The second-order valence-electron chi connectivity index (χ2n) is 10.1. The lowest BCUT2D eigenvalue weighted by Gasteiger charge is -2.33. The van der Waals surface area contributed by atoms with Crippen LogP contribution in [0.1, 0.15) is 44.6 Å². The molecule has 3 aromatic rings. The molecule has 0 bridgehead atoms. The standard InChI is InChI=1S/C31H36BrN3O5S/c1-3-29(31(37)33-25-9-7-8-10-25)34(21-23-13-19-27(40-2)20-14-23)30(36)22-35(26-17-15-24(32)16-18-26)41(38,39)28-11-5-4-6-12-28/h4-6,11-20,25,29H,3,7-10,21-22H2,1-2H3,(H,33,37). The van der Waals surface area contributed by atoms with E-state index in [9.17, 15) is 18.0 Å². The van der Waals surface area contributed by atoms with Crippen LogP contribution in [0.2, 0.25) is 0 Å². The smallest absolute Gasteiger partial charge is 0.264 e. The van der Waals surface area contributed by atoms with Crippen molar-refractivity contribution in [2.45, 2.75) is 62.6 Å². The maximum atomic E-state index is 14.1. The van der Waals surface area contributed by atoms with Crippen LogP contribution >= 0.6 is 15.9 Å². The van der Waals surface area contributed by atoms with Gasteiger partial charge in [-0.25, -0.2) is 8.42 Å². The van der Waals surface area contributed by atoms with Gasteiger partial charge in [0.2, 0.25) is 11.8 Å². The summed E-state index contributed by atoms with van der Waals surface area (Å²) in [6.45, 7) is 1.53. The molecule has 4 rings (SSSR count). The summed E-state index contributed by atoms with van der Waals surface area (Å²) < 4.78 is 34.9. The molecule has 1 N–H and O–H groups in total. The molecule has 1 fully saturated rings. The number of hydrogen-bond acceptors (Lipinski definition) is 5. The van der Waals surface area contributed by atoms with Crippen molar-refractivity contribution in [3.63, 3.8) is 0 Å². The summed E-state index contributed by atoms with van der Waals surface area (Å²) >= 11 is 3.39. The largest absolute Gasteiger partial charge is 0.497 e. The van der Waals surface area contributed by atoms with E-state index in [1.165, 1.54) is 17.0 Å². The van der Waals surface area contributed by atoms with E-state index in [1.54, 1.807) is 61.7 Å². The number of rotatable bonds is 12. The SMILES string of the molecule is CCC(C(=O)NC1CCCC1)N(Cc1ccc(OC)cc1)C(=O)CN(c1ccc(Br)cc1)S(=O)(=O)c1ccccc1. The minimum Gasteiger partial charge on any atom is -0.497 e. The van der Waals surface area contributed by atoms with E-state index in [0.717, 1.165) is 40.0 Å². The average Bonchev–Trinajstić information content (AvgIpc) is 3.50. The van der Waals surface area contributed by atoms with E-state index >= 15 is 0 Å². The third-order valence-corrected chi connectivity index (χ3v) is 9.64. The molecule has 1 unspecified atom stereocenters. The van der Waals surface area contributed by atoms with Gasteiger partial charge >= 0.3 is 0 Å². The topological polar surface area (TPSA) is 96.0 Å². The van der Waals surface area contributed by atoms with Crippen LogP contribution in [0.15, 0.2) is 88.2 Å². The molecule has 1 atom stereocenters. The van der Waals surface area contributed by atoms with Gasteiger partial charge in [-0.1, -0.05) is 66.0 Å². The molecule has 0 aromatic heterocycles. The number of nitrogens with zero attached hydrogens (tertiary/aromatic N) is 2. The summed E-state index contributed by atoms with van der Waals surface area (Å²) in [7, 11) is -2.52. The minimum absolute atomic E-state index is 0.0726. The fraction of sp³-hybridized carbons (Fsp3) is 0.355. The number of halogens is 1. The van der Waals surface area contributed by atoms with E-state index in [2.05, 4.69) is 21.2 Å². The zero-order valence-electron chi connectivity index (χ0n) is 23.3. The van der Waals surface area contributed by atoms with E-state index in [1.807, 2.05) is 19.1 Å². The summed E-state index contributed by atoms with van der Waals surface area (Å²) in [5.74, 6) is -0.0213. The number of hydrogen-bond donors (Lipinski definition) is 1. The molecule has 1 saturated carbocycles. The van der Waals surface area contributed by atoms with Crippen LogP contribution in [0.4, 0.5) is 5.69 Å². The molecule has 8 nitrogen and oxygen atoms in total. The van der Waals surface area contributed by atoms with Crippen LogP contribution < -0.4 is 14.4 Å². The van der Waals surface area contributed by atoms with Gasteiger partial charge in [0, 0.05) is 17.1 Å². The quantitative estimate of drug-likeness (QED) is 0.281. The summed E-state index contributed by atoms with van der Waals surface area (Å²) in [6.07, 6.45) is 4.35. The van der Waals surface area contributed by atoms with Gasteiger partial charge in [-0.15, -0.1) is 0 Å². The number of sulfonamides is 1. The first-order valence-electron chi connectivity index (χ1n) is 13.8. The Labute approximate surface area is 250 Å². The highest BCUT2D eigenvalue weighted by Gasteiger charge is 2.34. The fourth-order valence-corrected chi connectivity index (χ4v) is 6.77. The molecule has 10 heteroatoms. The third kappa shape index (κ3) is 7.68. The molecule has 0 heterocycles. The molecule has 0 spiro atoms. The highest BCUT2D eigenvalue weighted by Crippen LogP contribution is 2.27. The maximum absolute atomic E-state index is 14.1. The maximum Gasteiger partial charge on any atom is 0.264 e. The Kier molecular flexibility index (Phi) is 10.4. The van der Waals surface area contributed by atoms with E-state index in [0.29, 0.717) is 17.9 Å². The van der Waals surface area contributed by atoms with Crippen molar-refractivity contribution in [1.82, 2.24) is 10.2 Å². The Morgan fingerprint density at radius 2 is 1.61 bits per heavy atom. The number of carbonyl (C=O) groups excluding carboxylic acids is 2. The van der Waals surface area contributed by atoms with Gasteiger partial charge in [-0.2, -0.15) is 0 Å². The van der Waals surface area contributed by atoms with Crippen molar-refractivity contribution in [3.05, 3.63) is 88.9 Å². The predicted molar refractivity (Wildman–Crippen MR) is 163 cm³/mol. The van der Waals surface area contributed by atoms with Gasteiger partial charge in [-0.3, -0.25) is 13.9 Å². The molecule has 218 valence electrons. The summed E-state index contributed by atoms with van der Waals surface area (Å²) in [5, 5.41) is 3.13. The Morgan fingerprint density at radius 1 is 0.976 bits per heavy atom. The van der Waals surface area contributed by atoms with Crippen LogP contribution in [0.25, 0.3) is 0 Å². The van der Waals surface area contributed by atoms with Crippen LogP contribution in [-0.4, -0.2) is 50.9 Å². The average molecular weight is 643 g/mol. The lowest BCUT2D eigenvalue weighted by molar-refractivity contribution is -0.140. The minimum atomic E-state index is -4.10. The molecule has 41 heavy (non-hydrogen) atoms. The Morgan fingerprint density at radius 3 is 2.20 bits per heavy atom. The first-order chi connectivity index (χ1) is 19.7. The van der Waals surface area contributed by atoms with Crippen LogP contribution in [0.5, 0.6) is 5.75 Å². The number of anilines is 1. The first-order valence-corrected chi connectivity index (χ1v) is 16.0. The van der Waals surface area contributed by atoms with Gasteiger partial charge in [0.25, 0.3) is 10.0 Å². The van der Waals surface area contributed by atoms with Crippen molar-refractivity contribution < 1.29 is 22.7 Å². The zero-order valence-corrected chi connectivity index (χ0v) is 25.7. The lowest BCUT2D eigenvalue weighted by atomic mass is 10.1. The summed E-state index contributed by atoms with van der Waals surface area (Å²) in [4.78, 5) is 29.2. The molecule has 1 aliphatic carbocycles. The Bertz CT molecular complexity index is 1410. The van der Waals surface area contributed by atoms with Crippen molar-refractivity contribution in [1.29, 1.82) is 0 Å². The molecule has 3 aromatic carbocycles. The molecule has 0 aliphatic heterocycles.